The third-order valence-electron chi connectivity index (χ3n) is 4.25. The van der Waals surface area contributed by atoms with Gasteiger partial charge in [-0.1, -0.05) is 19.8 Å². The first-order valence-corrected chi connectivity index (χ1v) is 7.67. The Morgan fingerprint density at radius 2 is 2.50 bits per heavy atom. The third-order valence-corrected chi connectivity index (χ3v) is 4.99. The van der Waals surface area contributed by atoms with E-state index in [0.717, 1.165) is 25.2 Å². The molecule has 1 heterocycles. The Kier molecular flexibility index (Phi) is 4.78. The molecule has 2 rings (SSSR count). The highest BCUT2D eigenvalue weighted by molar-refractivity contribution is 7.07. The van der Waals surface area contributed by atoms with E-state index >= 15 is 0 Å². The Bertz CT molecular complexity index is 355. The molecule has 0 saturated heterocycles. The molecule has 0 bridgehead atoms. The SMILES string of the molecule is COC1(C(Cc2ccsc2)NN)CCCC(C)C1. The monoisotopic (exact) mass is 268 g/mol. The highest BCUT2D eigenvalue weighted by atomic mass is 32.1. The van der Waals surface area contributed by atoms with Crippen molar-refractivity contribution in [2.24, 2.45) is 11.8 Å². The van der Waals surface area contributed by atoms with E-state index < -0.39 is 0 Å². The number of thiophene rings is 1. The summed E-state index contributed by atoms with van der Waals surface area (Å²) in [6, 6.07) is 2.37. The van der Waals surface area contributed by atoms with Gasteiger partial charge in [0.25, 0.3) is 0 Å². The molecule has 0 radical (unpaired) electrons. The predicted molar refractivity (Wildman–Crippen MR) is 76.5 cm³/mol. The zero-order valence-electron chi connectivity index (χ0n) is 11.3. The molecule has 0 spiro atoms. The zero-order chi connectivity index (χ0) is 13.0. The van der Waals surface area contributed by atoms with Gasteiger partial charge in [-0.3, -0.25) is 11.3 Å². The lowest BCUT2D eigenvalue weighted by molar-refractivity contribution is -0.0791. The van der Waals surface area contributed by atoms with Gasteiger partial charge in [0.15, 0.2) is 0 Å². The summed E-state index contributed by atoms with van der Waals surface area (Å²) in [5.41, 5.74) is 4.24. The number of ether oxygens (including phenoxy) is 1. The van der Waals surface area contributed by atoms with Gasteiger partial charge in [0.2, 0.25) is 0 Å². The second-order valence-electron chi connectivity index (χ2n) is 5.53. The average Bonchev–Trinajstić information content (AvgIpc) is 2.88. The first kappa shape index (κ1) is 14.0. The average molecular weight is 268 g/mol. The lowest BCUT2D eigenvalue weighted by Gasteiger charge is -2.44. The summed E-state index contributed by atoms with van der Waals surface area (Å²) in [6.45, 7) is 2.31. The van der Waals surface area contributed by atoms with Crippen LogP contribution in [-0.4, -0.2) is 18.8 Å². The Labute approximate surface area is 114 Å². The van der Waals surface area contributed by atoms with Crippen LogP contribution < -0.4 is 11.3 Å². The molecule has 1 aliphatic carbocycles. The number of nitrogens with two attached hydrogens (primary N) is 1. The van der Waals surface area contributed by atoms with Crippen molar-refractivity contribution in [3.63, 3.8) is 0 Å². The van der Waals surface area contributed by atoms with Crippen LogP contribution in [-0.2, 0) is 11.2 Å². The zero-order valence-corrected chi connectivity index (χ0v) is 12.1. The summed E-state index contributed by atoms with van der Waals surface area (Å²) in [6.07, 6.45) is 5.69. The van der Waals surface area contributed by atoms with Crippen molar-refractivity contribution in [1.82, 2.24) is 5.43 Å². The molecule has 0 amide bonds. The van der Waals surface area contributed by atoms with Crippen LogP contribution in [0.15, 0.2) is 16.8 Å². The molecule has 4 heteroatoms. The Hall–Kier alpha value is -0.420. The van der Waals surface area contributed by atoms with Crippen molar-refractivity contribution in [1.29, 1.82) is 0 Å². The van der Waals surface area contributed by atoms with E-state index in [1.165, 1.54) is 18.4 Å². The fourth-order valence-electron chi connectivity index (χ4n) is 3.23. The van der Waals surface area contributed by atoms with Gasteiger partial charge < -0.3 is 4.74 Å². The maximum atomic E-state index is 5.91. The van der Waals surface area contributed by atoms with Crippen LogP contribution in [0.4, 0.5) is 0 Å². The van der Waals surface area contributed by atoms with Crippen molar-refractivity contribution < 1.29 is 4.74 Å². The van der Waals surface area contributed by atoms with E-state index in [1.54, 1.807) is 11.3 Å². The summed E-state index contributed by atoms with van der Waals surface area (Å²) in [4.78, 5) is 0. The van der Waals surface area contributed by atoms with E-state index in [0.29, 0.717) is 0 Å². The molecule has 0 aromatic carbocycles. The Morgan fingerprint density at radius 3 is 3.06 bits per heavy atom. The minimum Gasteiger partial charge on any atom is -0.377 e. The van der Waals surface area contributed by atoms with Crippen LogP contribution in [0.5, 0.6) is 0 Å². The first-order chi connectivity index (χ1) is 8.70. The van der Waals surface area contributed by atoms with Crippen molar-refractivity contribution in [2.75, 3.05) is 7.11 Å². The Morgan fingerprint density at radius 1 is 1.67 bits per heavy atom. The van der Waals surface area contributed by atoms with Crippen molar-refractivity contribution in [3.8, 4) is 0 Å². The number of hydrogen-bond acceptors (Lipinski definition) is 4. The van der Waals surface area contributed by atoms with Gasteiger partial charge in [-0.25, -0.2) is 0 Å². The van der Waals surface area contributed by atoms with Crippen LogP contribution in [0.25, 0.3) is 0 Å². The van der Waals surface area contributed by atoms with Gasteiger partial charge in [-0.05, 0) is 47.6 Å². The predicted octanol–water partition coefficient (Wildman–Crippen LogP) is 2.72. The normalized spacial score (nSPS) is 30.3. The second kappa shape index (κ2) is 6.15. The minimum absolute atomic E-state index is 0.103. The number of hydrogen-bond donors (Lipinski definition) is 2. The maximum absolute atomic E-state index is 5.91. The minimum atomic E-state index is -0.103. The standard InChI is InChI=1S/C14H24N2OS/c1-11-4-3-6-14(9-11,17-2)13(16-15)8-12-5-7-18-10-12/h5,7,10-11,13,16H,3-4,6,8-9,15H2,1-2H3. The van der Waals surface area contributed by atoms with Gasteiger partial charge in [-0.15, -0.1) is 0 Å². The lowest BCUT2D eigenvalue weighted by atomic mass is 9.73. The van der Waals surface area contributed by atoms with Crippen LogP contribution >= 0.6 is 11.3 Å². The molecule has 1 saturated carbocycles. The highest BCUT2D eigenvalue weighted by Crippen LogP contribution is 2.38. The van der Waals surface area contributed by atoms with E-state index in [1.807, 2.05) is 7.11 Å². The van der Waals surface area contributed by atoms with E-state index in [2.05, 4.69) is 29.2 Å². The molecule has 18 heavy (non-hydrogen) atoms. The summed E-state index contributed by atoms with van der Waals surface area (Å²) in [5, 5.41) is 4.31. The molecule has 1 aliphatic rings. The van der Waals surface area contributed by atoms with E-state index in [9.17, 15) is 0 Å². The van der Waals surface area contributed by atoms with Crippen molar-refractivity contribution >= 4 is 11.3 Å². The number of hydrazine groups is 1. The summed E-state index contributed by atoms with van der Waals surface area (Å²) >= 11 is 1.74. The van der Waals surface area contributed by atoms with Gasteiger partial charge in [-0.2, -0.15) is 11.3 Å². The summed E-state index contributed by atoms with van der Waals surface area (Å²) < 4.78 is 5.91. The topological polar surface area (TPSA) is 47.3 Å². The first-order valence-electron chi connectivity index (χ1n) is 6.72. The molecule has 0 aliphatic heterocycles. The van der Waals surface area contributed by atoms with E-state index in [-0.39, 0.29) is 11.6 Å². The number of nitrogens with one attached hydrogen (secondary N) is 1. The summed E-state index contributed by atoms with van der Waals surface area (Å²) in [5.74, 6) is 6.52. The van der Waals surface area contributed by atoms with Crippen LogP contribution in [0, 0.1) is 5.92 Å². The molecule has 3 unspecified atom stereocenters. The molecule has 3 nitrogen and oxygen atoms in total. The summed E-state index contributed by atoms with van der Waals surface area (Å²) in [7, 11) is 1.83. The Balaban J connectivity index is 2.12. The largest absolute Gasteiger partial charge is 0.377 e. The van der Waals surface area contributed by atoms with Gasteiger partial charge >= 0.3 is 0 Å². The van der Waals surface area contributed by atoms with Crippen LogP contribution in [0.1, 0.15) is 38.2 Å². The maximum Gasteiger partial charge on any atom is 0.0850 e. The molecule has 3 atom stereocenters. The number of rotatable bonds is 5. The smallest absolute Gasteiger partial charge is 0.0850 e. The fourth-order valence-corrected chi connectivity index (χ4v) is 3.91. The molecule has 1 aromatic heterocycles. The third kappa shape index (κ3) is 2.94. The van der Waals surface area contributed by atoms with Gasteiger partial charge in [0.1, 0.15) is 0 Å². The fraction of sp³-hybridized carbons (Fsp3) is 0.714. The molecule has 1 aromatic rings. The molecular weight excluding hydrogens is 244 g/mol. The van der Waals surface area contributed by atoms with Crippen molar-refractivity contribution in [3.05, 3.63) is 22.4 Å². The lowest BCUT2D eigenvalue weighted by Crippen LogP contribution is -2.57. The molecule has 1 fully saturated rings. The van der Waals surface area contributed by atoms with E-state index in [4.69, 9.17) is 10.6 Å². The van der Waals surface area contributed by atoms with Crippen molar-refractivity contribution in [2.45, 2.75) is 50.7 Å². The molecular formula is C14H24N2OS. The molecule has 102 valence electrons. The highest BCUT2D eigenvalue weighted by Gasteiger charge is 2.41. The van der Waals surface area contributed by atoms with Crippen LogP contribution in [0.3, 0.4) is 0 Å². The van der Waals surface area contributed by atoms with Crippen LogP contribution in [0.2, 0.25) is 0 Å². The van der Waals surface area contributed by atoms with Gasteiger partial charge in [0.05, 0.1) is 11.6 Å². The number of methoxy groups -OCH3 is 1. The molecule has 3 N–H and O–H groups in total. The quantitative estimate of drug-likeness (QED) is 0.637. The second-order valence-corrected chi connectivity index (χ2v) is 6.31. The van der Waals surface area contributed by atoms with Gasteiger partial charge in [0, 0.05) is 7.11 Å².